The molecule has 2 amide bonds. The molecule has 0 radical (unpaired) electrons. The van der Waals surface area contributed by atoms with E-state index < -0.39 is 0 Å². The number of hydrogen-bond donors (Lipinski definition) is 1. The molecular weight excluding hydrogens is 340 g/mol. The number of rotatable bonds is 5. The van der Waals surface area contributed by atoms with Crippen LogP contribution in [0.4, 0.5) is 4.79 Å². The maximum absolute atomic E-state index is 12.5. The van der Waals surface area contributed by atoms with Crippen molar-refractivity contribution in [3.63, 3.8) is 0 Å². The van der Waals surface area contributed by atoms with Gasteiger partial charge in [-0.2, -0.15) is 0 Å². The largest absolute Gasteiger partial charge is 0.448 e. The van der Waals surface area contributed by atoms with Crippen molar-refractivity contribution in [2.75, 3.05) is 13.2 Å². The second-order valence-corrected chi connectivity index (χ2v) is 7.77. The van der Waals surface area contributed by atoms with Crippen LogP contribution in [0, 0.1) is 17.8 Å². The average Bonchev–Trinajstić information content (AvgIpc) is 2.95. The molecule has 5 atom stereocenters. The van der Waals surface area contributed by atoms with E-state index >= 15 is 0 Å². The van der Waals surface area contributed by atoms with Gasteiger partial charge in [-0.05, 0) is 61.3 Å². The van der Waals surface area contributed by atoms with Gasteiger partial charge in [0.15, 0.2) is 0 Å². The molecule has 1 saturated heterocycles. The molecule has 0 bridgehead atoms. The van der Waals surface area contributed by atoms with E-state index in [0.717, 1.165) is 25.8 Å². The Kier molecular flexibility index (Phi) is 4.36. The topological polar surface area (TPSA) is 58.6 Å². The predicted molar refractivity (Wildman–Crippen MR) is 94.5 cm³/mol. The monoisotopic (exact) mass is 362 g/mol. The Morgan fingerprint density at radius 1 is 1.32 bits per heavy atom. The van der Waals surface area contributed by atoms with Crippen molar-refractivity contribution in [3.05, 3.63) is 34.9 Å². The quantitative estimate of drug-likeness (QED) is 0.874. The number of fused-ring (bicyclic) bond motifs is 1. The van der Waals surface area contributed by atoms with Crippen LogP contribution in [0.25, 0.3) is 0 Å². The number of carbonyl (C=O) groups excluding carboxylic acids is 2. The molecule has 1 aromatic carbocycles. The third-order valence-electron chi connectivity index (χ3n) is 6.05. The van der Waals surface area contributed by atoms with Crippen molar-refractivity contribution >= 4 is 23.6 Å². The van der Waals surface area contributed by atoms with Crippen molar-refractivity contribution in [1.82, 2.24) is 10.2 Å². The van der Waals surface area contributed by atoms with Crippen molar-refractivity contribution < 1.29 is 14.3 Å². The number of benzene rings is 1. The third-order valence-corrected chi connectivity index (χ3v) is 6.30. The van der Waals surface area contributed by atoms with Crippen LogP contribution in [-0.4, -0.2) is 42.1 Å². The highest BCUT2D eigenvalue weighted by Gasteiger charge is 2.60. The van der Waals surface area contributed by atoms with Crippen LogP contribution in [0.5, 0.6) is 0 Å². The Morgan fingerprint density at radius 3 is 2.56 bits per heavy atom. The van der Waals surface area contributed by atoms with Crippen LogP contribution in [0.3, 0.4) is 0 Å². The lowest BCUT2D eigenvalue weighted by atomic mass is 9.98. The number of hydrogen-bond acceptors (Lipinski definition) is 3. The zero-order valence-electron chi connectivity index (χ0n) is 14.3. The second kappa shape index (κ2) is 6.52. The maximum Gasteiger partial charge on any atom is 0.410 e. The Hall–Kier alpha value is -1.75. The highest BCUT2D eigenvalue weighted by atomic mass is 35.5. The van der Waals surface area contributed by atoms with E-state index in [1.807, 2.05) is 4.90 Å². The average molecular weight is 363 g/mol. The smallest absolute Gasteiger partial charge is 0.410 e. The van der Waals surface area contributed by atoms with Crippen molar-refractivity contribution in [2.24, 2.45) is 17.8 Å². The molecule has 0 aromatic heterocycles. The number of nitrogens with one attached hydrogen (secondary N) is 1. The number of cyclic esters (lactones) is 1. The molecule has 3 fully saturated rings. The third kappa shape index (κ3) is 3.10. The Balaban J connectivity index is 1.34. The highest BCUT2D eigenvalue weighted by Crippen LogP contribution is 2.60. The van der Waals surface area contributed by atoms with Gasteiger partial charge in [0.05, 0.1) is 6.54 Å². The number of carbonyl (C=O) groups is 2. The summed E-state index contributed by atoms with van der Waals surface area (Å²) in [5.41, 5.74) is 0.645. The molecule has 1 aliphatic heterocycles. The fourth-order valence-electron chi connectivity index (χ4n) is 4.77. The molecular formula is C19H23ClN2O3. The first-order valence-electron chi connectivity index (χ1n) is 9.08. The molecule has 1 N–H and O–H groups in total. The number of nitrogens with zero attached hydrogens (tertiary/aromatic N) is 1. The molecule has 2 aliphatic carbocycles. The SMILES string of the molecule is CCC(NC(=O)c1ccc(Cl)cc1)C1[C@H]2CC(N3CCOC3=O)C[C@@H]12. The van der Waals surface area contributed by atoms with Crippen LogP contribution >= 0.6 is 11.6 Å². The van der Waals surface area contributed by atoms with Gasteiger partial charge in [-0.15, -0.1) is 0 Å². The van der Waals surface area contributed by atoms with Crippen LogP contribution in [0.1, 0.15) is 36.5 Å². The molecule has 4 rings (SSSR count). The van der Waals surface area contributed by atoms with E-state index in [2.05, 4.69) is 12.2 Å². The van der Waals surface area contributed by atoms with Gasteiger partial charge < -0.3 is 15.0 Å². The minimum Gasteiger partial charge on any atom is -0.448 e. The molecule has 3 aliphatic rings. The summed E-state index contributed by atoms with van der Waals surface area (Å²) in [6, 6.07) is 7.52. The van der Waals surface area contributed by atoms with Gasteiger partial charge >= 0.3 is 6.09 Å². The molecule has 0 spiro atoms. The summed E-state index contributed by atoms with van der Waals surface area (Å²) in [6.07, 6.45) is 2.84. The van der Waals surface area contributed by atoms with Crippen molar-refractivity contribution in [1.29, 1.82) is 0 Å². The fraction of sp³-hybridized carbons (Fsp3) is 0.579. The molecule has 1 heterocycles. The first-order chi connectivity index (χ1) is 12.1. The zero-order chi connectivity index (χ0) is 17.6. The number of halogens is 1. The summed E-state index contributed by atoms with van der Waals surface area (Å²) in [4.78, 5) is 26.1. The van der Waals surface area contributed by atoms with Gasteiger partial charge in [-0.1, -0.05) is 18.5 Å². The second-order valence-electron chi connectivity index (χ2n) is 7.33. The number of ether oxygens (including phenoxy) is 1. The van der Waals surface area contributed by atoms with Gasteiger partial charge in [0.1, 0.15) is 6.61 Å². The zero-order valence-corrected chi connectivity index (χ0v) is 15.0. The molecule has 2 saturated carbocycles. The summed E-state index contributed by atoms with van der Waals surface area (Å²) < 4.78 is 5.05. The highest BCUT2D eigenvalue weighted by molar-refractivity contribution is 6.30. The van der Waals surface area contributed by atoms with E-state index in [0.29, 0.717) is 41.0 Å². The lowest BCUT2D eigenvalue weighted by Gasteiger charge is -2.26. The van der Waals surface area contributed by atoms with Crippen LogP contribution in [-0.2, 0) is 4.74 Å². The minimum absolute atomic E-state index is 0.0341. The number of amides is 2. The minimum atomic E-state index is -0.161. The Morgan fingerprint density at radius 2 is 2.00 bits per heavy atom. The lowest BCUT2D eigenvalue weighted by molar-refractivity contribution is 0.0926. The molecule has 6 heteroatoms. The molecule has 25 heavy (non-hydrogen) atoms. The van der Waals surface area contributed by atoms with E-state index in [1.54, 1.807) is 24.3 Å². The first kappa shape index (κ1) is 16.7. The van der Waals surface area contributed by atoms with E-state index in [1.165, 1.54) is 0 Å². The molecule has 5 nitrogen and oxygen atoms in total. The Labute approximate surface area is 152 Å². The maximum atomic E-state index is 12.5. The Bertz CT molecular complexity index is 666. The van der Waals surface area contributed by atoms with Crippen LogP contribution in [0.15, 0.2) is 24.3 Å². The van der Waals surface area contributed by atoms with Gasteiger partial charge in [0.2, 0.25) is 0 Å². The first-order valence-corrected chi connectivity index (χ1v) is 9.46. The van der Waals surface area contributed by atoms with Gasteiger partial charge in [0, 0.05) is 22.7 Å². The molecule has 1 aromatic rings. The summed E-state index contributed by atoms with van der Waals surface area (Å²) >= 11 is 5.88. The lowest BCUT2D eigenvalue weighted by Crippen LogP contribution is -2.40. The van der Waals surface area contributed by atoms with E-state index in [9.17, 15) is 9.59 Å². The summed E-state index contributed by atoms with van der Waals surface area (Å²) in [7, 11) is 0. The van der Waals surface area contributed by atoms with Gasteiger partial charge in [-0.3, -0.25) is 4.79 Å². The normalized spacial score (nSPS) is 31.4. The van der Waals surface area contributed by atoms with Crippen LogP contribution in [0.2, 0.25) is 5.02 Å². The standard InChI is InChI=1S/C19H23ClN2O3/c1-2-16(21-18(23)11-3-5-12(20)6-4-11)17-14-9-13(10-15(14)17)22-7-8-25-19(22)24/h3-6,13-17H,2,7-10H2,1H3,(H,21,23)/t13?,14-,15+,16?,17?. The predicted octanol–water partition coefficient (Wildman–Crippen LogP) is 3.33. The summed E-state index contributed by atoms with van der Waals surface area (Å²) in [6.45, 7) is 3.36. The van der Waals surface area contributed by atoms with E-state index in [4.69, 9.17) is 16.3 Å². The van der Waals surface area contributed by atoms with Gasteiger partial charge in [0.25, 0.3) is 5.91 Å². The van der Waals surface area contributed by atoms with Crippen LogP contribution < -0.4 is 5.32 Å². The fourth-order valence-corrected chi connectivity index (χ4v) is 4.90. The molecule has 134 valence electrons. The van der Waals surface area contributed by atoms with Crippen molar-refractivity contribution in [3.8, 4) is 0 Å². The summed E-state index contributed by atoms with van der Waals surface area (Å²) in [5, 5.41) is 3.83. The summed E-state index contributed by atoms with van der Waals surface area (Å²) in [5.74, 6) is 1.74. The molecule has 3 unspecified atom stereocenters. The van der Waals surface area contributed by atoms with E-state index in [-0.39, 0.29) is 18.0 Å². The van der Waals surface area contributed by atoms with Crippen molar-refractivity contribution in [2.45, 2.75) is 38.3 Å². The van der Waals surface area contributed by atoms with Gasteiger partial charge in [-0.25, -0.2) is 4.79 Å².